The zero-order valence-electron chi connectivity index (χ0n) is 13.5. The summed E-state index contributed by atoms with van der Waals surface area (Å²) >= 11 is 0. The molecule has 0 spiro atoms. The van der Waals surface area contributed by atoms with E-state index < -0.39 is 6.10 Å². The van der Waals surface area contributed by atoms with Crippen molar-refractivity contribution in [3.8, 4) is 23.0 Å². The van der Waals surface area contributed by atoms with E-state index in [-0.39, 0.29) is 46.8 Å². The van der Waals surface area contributed by atoms with Gasteiger partial charge in [0.05, 0.1) is 12.0 Å². The summed E-state index contributed by atoms with van der Waals surface area (Å²) in [6.07, 6.45) is 1.32. The fourth-order valence-electron chi connectivity index (χ4n) is 3.62. The first kappa shape index (κ1) is 15.8. The van der Waals surface area contributed by atoms with E-state index >= 15 is 0 Å². The van der Waals surface area contributed by atoms with Crippen LogP contribution in [0.1, 0.15) is 52.9 Å². The van der Waals surface area contributed by atoms with Crippen LogP contribution in [0.5, 0.6) is 23.0 Å². The lowest BCUT2D eigenvalue weighted by atomic mass is 9.91. The molecule has 2 aromatic rings. The minimum atomic E-state index is -0.519. The number of nitrogens with one attached hydrogen (secondary N) is 1. The summed E-state index contributed by atoms with van der Waals surface area (Å²) in [5.74, 6) is -0.171. The molecule has 2 unspecified atom stereocenters. The molecule has 2 aliphatic rings. The van der Waals surface area contributed by atoms with Gasteiger partial charge in [0.2, 0.25) is 0 Å². The van der Waals surface area contributed by atoms with Gasteiger partial charge in [-0.15, -0.1) is 0 Å². The molecule has 0 bridgehead atoms. The molecule has 6 heteroatoms. The Kier molecular flexibility index (Phi) is 3.77. The molecular formula is C19H19NO5. The molecule has 0 aromatic heterocycles. The van der Waals surface area contributed by atoms with Gasteiger partial charge >= 0.3 is 0 Å². The molecular weight excluding hydrogens is 322 g/mol. The maximum atomic E-state index is 12.6. The van der Waals surface area contributed by atoms with Crippen LogP contribution in [0.25, 0.3) is 0 Å². The maximum absolute atomic E-state index is 12.6. The normalized spacial score (nSPS) is 22.5. The van der Waals surface area contributed by atoms with E-state index in [1.807, 2.05) is 0 Å². The maximum Gasteiger partial charge on any atom is 0.174 e. The molecule has 0 amide bonds. The number of carbonyl (C=O) groups is 1. The zero-order chi connectivity index (χ0) is 17.6. The lowest BCUT2D eigenvalue weighted by Gasteiger charge is -2.28. The summed E-state index contributed by atoms with van der Waals surface area (Å²) < 4.78 is 5.86. The zero-order valence-corrected chi connectivity index (χ0v) is 13.5. The van der Waals surface area contributed by atoms with E-state index in [2.05, 4.69) is 5.32 Å². The highest BCUT2D eigenvalue weighted by molar-refractivity contribution is 6.03. The monoisotopic (exact) mass is 341 g/mol. The van der Waals surface area contributed by atoms with Crippen molar-refractivity contribution in [3.63, 3.8) is 0 Å². The Morgan fingerprint density at radius 3 is 2.56 bits per heavy atom. The molecule has 2 aliphatic heterocycles. The van der Waals surface area contributed by atoms with Crippen LogP contribution < -0.4 is 10.1 Å². The van der Waals surface area contributed by atoms with Gasteiger partial charge in [-0.25, -0.2) is 0 Å². The van der Waals surface area contributed by atoms with Crippen molar-refractivity contribution in [2.45, 2.75) is 31.4 Å². The summed E-state index contributed by atoms with van der Waals surface area (Å²) in [6.45, 7) is 0.813. The van der Waals surface area contributed by atoms with E-state index in [9.17, 15) is 20.1 Å². The minimum Gasteiger partial charge on any atom is -0.508 e. The molecule has 6 nitrogen and oxygen atoms in total. The number of fused-ring (bicyclic) bond motifs is 1. The number of aromatic hydroxyl groups is 3. The van der Waals surface area contributed by atoms with Crippen molar-refractivity contribution >= 4 is 5.78 Å². The molecule has 1 fully saturated rings. The first-order valence-electron chi connectivity index (χ1n) is 8.35. The van der Waals surface area contributed by atoms with Crippen LogP contribution in [0.15, 0.2) is 30.3 Å². The second-order valence-electron chi connectivity index (χ2n) is 6.51. The lowest BCUT2D eigenvalue weighted by molar-refractivity contribution is 0.0844. The van der Waals surface area contributed by atoms with Gasteiger partial charge in [0, 0.05) is 12.1 Å². The van der Waals surface area contributed by atoms with Crippen LogP contribution in [0.4, 0.5) is 0 Å². The average Bonchev–Trinajstić information content (AvgIpc) is 3.08. The van der Waals surface area contributed by atoms with Crippen LogP contribution in [-0.4, -0.2) is 27.6 Å². The average molecular weight is 341 g/mol. The van der Waals surface area contributed by atoms with Crippen LogP contribution in [0.3, 0.4) is 0 Å². The van der Waals surface area contributed by atoms with Crippen molar-refractivity contribution in [2.75, 3.05) is 6.54 Å². The Morgan fingerprint density at radius 1 is 1.12 bits per heavy atom. The van der Waals surface area contributed by atoms with Crippen LogP contribution in [0, 0.1) is 0 Å². The Labute approximate surface area is 144 Å². The van der Waals surface area contributed by atoms with E-state index in [1.54, 1.807) is 12.1 Å². The standard InChI is InChI=1S/C19H19NO5/c21-11-5-3-10(4-6-11)15-8-14(23)18-16(25-15)9-13(22)17(19(18)24)12-2-1-7-20-12/h3-6,9,12,15,20-22,24H,1-2,7-8H2. The smallest absolute Gasteiger partial charge is 0.174 e. The Hall–Kier alpha value is -2.73. The van der Waals surface area contributed by atoms with Gasteiger partial charge in [-0.3, -0.25) is 4.79 Å². The highest BCUT2D eigenvalue weighted by atomic mass is 16.5. The number of rotatable bonds is 2. The number of phenols is 3. The molecule has 2 aromatic carbocycles. The number of ether oxygens (including phenoxy) is 1. The van der Waals surface area contributed by atoms with Crippen molar-refractivity contribution < 1.29 is 24.9 Å². The molecule has 0 aliphatic carbocycles. The number of Topliss-reactive ketones (excluding diaryl/α,β-unsaturated/α-hetero) is 1. The third kappa shape index (κ3) is 2.68. The third-order valence-electron chi connectivity index (χ3n) is 4.87. The largest absolute Gasteiger partial charge is 0.508 e. The number of phenolic OH excluding ortho intramolecular Hbond substituents is 3. The second-order valence-corrected chi connectivity index (χ2v) is 6.51. The number of carbonyl (C=O) groups excluding carboxylic acids is 1. The molecule has 130 valence electrons. The molecule has 0 saturated carbocycles. The van der Waals surface area contributed by atoms with Crippen LogP contribution in [-0.2, 0) is 0 Å². The van der Waals surface area contributed by atoms with Gasteiger partial charge < -0.3 is 25.4 Å². The van der Waals surface area contributed by atoms with Gasteiger partial charge in [-0.1, -0.05) is 12.1 Å². The van der Waals surface area contributed by atoms with Gasteiger partial charge in [0.1, 0.15) is 34.7 Å². The Balaban J connectivity index is 1.72. The van der Waals surface area contributed by atoms with E-state index in [1.165, 1.54) is 18.2 Å². The van der Waals surface area contributed by atoms with Gasteiger partial charge in [0.25, 0.3) is 0 Å². The predicted octanol–water partition coefficient (Wildman–Crippen LogP) is 2.93. The summed E-state index contributed by atoms with van der Waals surface area (Å²) in [5, 5.41) is 33.6. The van der Waals surface area contributed by atoms with Crippen molar-refractivity contribution in [2.24, 2.45) is 0 Å². The second kappa shape index (κ2) is 5.97. The predicted molar refractivity (Wildman–Crippen MR) is 90.2 cm³/mol. The molecule has 4 N–H and O–H groups in total. The lowest BCUT2D eigenvalue weighted by Crippen LogP contribution is -2.22. The topological polar surface area (TPSA) is 99.0 Å². The number of ketones is 1. The summed E-state index contributed by atoms with van der Waals surface area (Å²) in [7, 11) is 0. The Bertz CT molecular complexity index is 825. The number of hydrogen-bond donors (Lipinski definition) is 4. The molecule has 25 heavy (non-hydrogen) atoms. The number of benzene rings is 2. The molecule has 1 saturated heterocycles. The SMILES string of the molecule is O=C1CC(c2ccc(O)cc2)Oc2cc(O)c(C3CCCN3)c(O)c21. The fraction of sp³-hybridized carbons (Fsp3) is 0.316. The highest BCUT2D eigenvalue weighted by Gasteiger charge is 2.35. The Morgan fingerprint density at radius 2 is 1.88 bits per heavy atom. The van der Waals surface area contributed by atoms with Crippen molar-refractivity contribution in [1.82, 2.24) is 5.32 Å². The minimum absolute atomic E-state index is 0.0743. The van der Waals surface area contributed by atoms with E-state index in [4.69, 9.17) is 4.74 Å². The van der Waals surface area contributed by atoms with Crippen LogP contribution >= 0.6 is 0 Å². The number of hydrogen-bond acceptors (Lipinski definition) is 6. The fourth-order valence-corrected chi connectivity index (χ4v) is 3.62. The summed E-state index contributed by atoms with van der Waals surface area (Å²) in [5.41, 5.74) is 1.25. The summed E-state index contributed by atoms with van der Waals surface area (Å²) in [4.78, 5) is 12.6. The quantitative estimate of drug-likeness (QED) is 0.670. The molecule has 2 heterocycles. The van der Waals surface area contributed by atoms with Crippen LogP contribution in [0.2, 0.25) is 0 Å². The van der Waals surface area contributed by atoms with Gasteiger partial charge in [-0.05, 0) is 37.1 Å². The van der Waals surface area contributed by atoms with Gasteiger partial charge in [0.15, 0.2) is 5.78 Å². The molecule has 2 atom stereocenters. The van der Waals surface area contributed by atoms with E-state index in [0.29, 0.717) is 5.56 Å². The first-order valence-corrected chi connectivity index (χ1v) is 8.35. The van der Waals surface area contributed by atoms with E-state index in [0.717, 1.165) is 24.9 Å². The molecule has 4 rings (SSSR count). The molecule has 0 radical (unpaired) electrons. The van der Waals surface area contributed by atoms with Crippen molar-refractivity contribution in [1.29, 1.82) is 0 Å². The third-order valence-corrected chi connectivity index (χ3v) is 4.87. The van der Waals surface area contributed by atoms with Gasteiger partial charge in [-0.2, -0.15) is 0 Å². The highest BCUT2D eigenvalue weighted by Crippen LogP contribution is 2.47. The first-order chi connectivity index (χ1) is 12.0. The van der Waals surface area contributed by atoms with Crippen molar-refractivity contribution in [3.05, 3.63) is 47.0 Å². The summed E-state index contributed by atoms with van der Waals surface area (Å²) in [6, 6.07) is 7.69.